The van der Waals surface area contributed by atoms with Crippen LogP contribution in [0, 0.1) is 0 Å². The van der Waals surface area contributed by atoms with Crippen LogP contribution in [-0.2, 0) is 9.53 Å². The smallest absolute Gasteiger partial charge is 0.335 e. The number of benzene rings is 1. The number of ether oxygens (including phenoxy) is 1. The minimum absolute atomic E-state index is 0.0360. The third kappa shape index (κ3) is 4.88. The molecule has 3 N–H and O–H groups in total. The molecule has 20 heavy (non-hydrogen) atoms. The molecule has 0 aliphatic carbocycles. The van der Waals surface area contributed by atoms with Crippen molar-refractivity contribution < 1.29 is 24.2 Å². The molecular formula is C12H13BrN2O5. The molecule has 1 aromatic rings. The topological polar surface area (TPSA) is 105 Å². The van der Waals surface area contributed by atoms with Gasteiger partial charge in [-0.25, -0.2) is 9.59 Å². The van der Waals surface area contributed by atoms with Gasteiger partial charge < -0.3 is 20.5 Å². The van der Waals surface area contributed by atoms with Crippen LogP contribution in [0.3, 0.4) is 0 Å². The number of urea groups is 1. The van der Waals surface area contributed by atoms with Gasteiger partial charge in [-0.3, -0.25) is 4.79 Å². The summed E-state index contributed by atoms with van der Waals surface area (Å²) < 4.78 is 5.17. The van der Waals surface area contributed by atoms with E-state index in [9.17, 15) is 14.4 Å². The zero-order chi connectivity index (χ0) is 15.1. The minimum atomic E-state index is -1.10. The first-order chi connectivity index (χ1) is 9.43. The number of carbonyl (C=O) groups excluding carboxylic acids is 2. The fourth-order valence-corrected chi connectivity index (χ4v) is 1.63. The molecule has 7 nitrogen and oxygen atoms in total. The van der Waals surface area contributed by atoms with Crippen molar-refractivity contribution in [3.05, 3.63) is 28.2 Å². The maximum Gasteiger partial charge on any atom is 0.335 e. The van der Waals surface area contributed by atoms with E-state index in [0.717, 1.165) is 0 Å². The van der Waals surface area contributed by atoms with Gasteiger partial charge in [0.2, 0.25) is 0 Å². The van der Waals surface area contributed by atoms with E-state index in [4.69, 9.17) is 5.11 Å². The highest BCUT2D eigenvalue weighted by molar-refractivity contribution is 9.10. The van der Waals surface area contributed by atoms with Crippen LogP contribution in [0.15, 0.2) is 22.7 Å². The molecule has 108 valence electrons. The Bertz CT molecular complexity index is 533. The fraction of sp³-hybridized carbons (Fsp3) is 0.250. The molecule has 0 bridgehead atoms. The van der Waals surface area contributed by atoms with E-state index in [1.807, 2.05) is 0 Å². The monoisotopic (exact) mass is 344 g/mol. The van der Waals surface area contributed by atoms with Crippen molar-refractivity contribution in [3.8, 4) is 0 Å². The van der Waals surface area contributed by atoms with Crippen molar-refractivity contribution in [1.29, 1.82) is 0 Å². The second kappa shape index (κ2) is 7.49. The second-order valence-corrected chi connectivity index (χ2v) is 4.47. The van der Waals surface area contributed by atoms with Crippen LogP contribution >= 0.6 is 15.9 Å². The van der Waals surface area contributed by atoms with Gasteiger partial charge >= 0.3 is 18.0 Å². The summed E-state index contributed by atoms with van der Waals surface area (Å²) in [4.78, 5) is 33.4. The fourth-order valence-electron chi connectivity index (χ4n) is 1.29. The zero-order valence-corrected chi connectivity index (χ0v) is 12.2. The van der Waals surface area contributed by atoms with Gasteiger partial charge in [0.05, 0.1) is 17.9 Å². The number of carboxylic acid groups (broad SMARTS) is 1. The number of amides is 2. The van der Waals surface area contributed by atoms with Crippen molar-refractivity contribution in [2.75, 3.05) is 18.5 Å². The Morgan fingerprint density at radius 1 is 1.35 bits per heavy atom. The maximum absolute atomic E-state index is 11.6. The number of hydrogen-bond donors (Lipinski definition) is 3. The molecular weight excluding hydrogens is 332 g/mol. The molecule has 8 heteroatoms. The van der Waals surface area contributed by atoms with E-state index in [1.165, 1.54) is 18.2 Å². The molecule has 0 spiro atoms. The van der Waals surface area contributed by atoms with E-state index in [0.29, 0.717) is 4.47 Å². The van der Waals surface area contributed by atoms with Crippen molar-refractivity contribution in [2.45, 2.75) is 6.92 Å². The number of nitrogens with one attached hydrogen (secondary N) is 2. The standard InChI is InChI=1S/C12H13BrN2O5/c1-2-20-10(16)6-14-12(19)15-9-5-7(11(17)18)3-4-8(9)13/h3-5H,2,6H2,1H3,(H,17,18)(H2,14,15,19). The van der Waals surface area contributed by atoms with E-state index >= 15 is 0 Å². The Kier molecular flexibility index (Phi) is 5.98. The number of anilines is 1. The lowest BCUT2D eigenvalue weighted by Crippen LogP contribution is -2.34. The number of esters is 1. The molecule has 0 aliphatic rings. The molecule has 1 aromatic carbocycles. The lowest BCUT2D eigenvalue weighted by molar-refractivity contribution is -0.141. The van der Waals surface area contributed by atoms with Gasteiger partial charge in [-0.05, 0) is 41.1 Å². The minimum Gasteiger partial charge on any atom is -0.478 e. The lowest BCUT2D eigenvalue weighted by atomic mass is 10.2. The highest BCUT2D eigenvalue weighted by Crippen LogP contribution is 2.23. The quantitative estimate of drug-likeness (QED) is 0.706. The van der Waals surface area contributed by atoms with E-state index in [1.54, 1.807) is 6.92 Å². The van der Waals surface area contributed by atoms with Gasteiger partial charge in [-0.1, -0.05) is 0 Å². The zero-order valence-electron chi connectivity index (χ0n) is 10.6. The van der Waals surface area contributed by atoms with Crippen LogP contribution in [0.25, 0.3) is 0 Å². The molecule has 0 saturated carbocycles. The highest BCUT2D eigenvalue weighted by atomic mass is 79.9. The first-order valence-electron chi connectivity index (χ1n) is 5.67. The van der Waals surface area contributed by atoms with E-state index in [-0.39, 0.29) is 24.4 Å². The third-order valence-corrected chi connectivity index (χ3v) is 2.85. The Hall–Kier alpha value is -2.09. The van der Waals surface area contributed by atoms with Crippen molar-refractivity contribution in [2.24, 2.45) is 0 Å². The average molecular weight is 345 g/mol. The summed E-state index contributed by atoms with van der Waals surface area (Å²) in [5.74, 6) is -1.66. The number of halogens is 1. The van der Waals surface area contributed by atoms with Gasteiger partial charge in [0.1, 0.15) is 6.54 Å². The van der Waals surface area contributed by atoms with E-state index in [2.05, 4.69) is 31.3 Å². The number of carboxylic acids is 1. The van der Waals surface area contributed by atoms with Crippen LogP contribution in [0.4, 0.5) is 10.5 Å². The molecule has 0 fully saturated rings. The number of rotatable bonds is 5. The summed E-state index contributed by atoms with van der Waals surface area (Å²) in [6.07, 6.45) is 0. The number of aromatic carboxylic acids is 1. The molecule has 1 rings (SSSR count). The van der Waals surface area contributed by atoms with Crippen molar-refractivity contribution in [1.82, 2.24) is 5.32 Å². The predicted octanol–water partition coefficient (Wildman–Crippen LogP) is 1.83. The first kappa shape index (κ1) is 16.0. The van der Waals surface area contributed by atoms with Gasteiger partial charge in [-0.15, -0.1) is 0 Å². The number of carbonyl (C=O) groups is 3. The van der Waals surface area contributed by atoms with Crippen LogP contribution in [-0.4, -0.2) is 36.2 Å². The molecule has 0 saturated heterocycles. The Morgan fingerprint density at radius 3 is 2.65 bits per heavy atom. The third-order valence-electron chi connectivity index (χ3n) is 2.16. The SMILES string of the molecule is CCOC(=O)CNC(=O)Nc1cc(C(=O)O)ccc1Br. The molecule has 0 aromatic heterocycles. The van der Waals surface area contributed by atoms with Gasteiger partial charge in [0.25, 0.3) is 0 Å². The molecule has 2 amide bonds. The summed E-state index contributed by atoms with van der Waals surface area (Å²) in [6, 6.07) is 3.57. The number of hydrogen-bond acceptors (Lipinski definition) is 4. The predicted molar refractivity (Wildman–Crippen MR) is 74.8 cm³/mol. The van der Waals surface area contributed by atoms with Crippen LogP contribution in [0.1, 0.15) is 17.3 Å². The first-order valence-corrected chi connectivity index (χ1v) is 6.46. The average Bonchev–Trinajstić information content (AvgIpc) is 2.39. The normalized spacial score (nSPS) is 9.70. The molecule has 0 heterocycles. The summed E-state index contributed by atoms with van der Waals surface area (Å²) in [7, 11) is 0. The molecule has 0 radical (unpaired) electrons. The summed E-state index contributed by atoms with van der Waals surface area (Å²) in [5.41, 5.74) is 0.320. The van der Waals surface area contributed by atoms with Crippen molar-refractivity contribution >= 4 is 39.6 Å². The molecule has 0 atom stereocenters. The van der Waals surface area contributed by atoms with Crippen LogP contribution < -0.4 is 10.6 Å². The second-order valence-electron chi connectivity index (χ2n) is 3.61. The summed E-state index contributed by atoms with van der Waals surface area (Å²) >= 11 is 3.19. The Labute approximate surface area is 123 Å². The summed E-state index contributed by atoms with van der Waals surface area (Å²) in [5, 5.41) is 13.6. The lowest BCUT2D eigenvalue weighted by Gasteiger charge is -2.09. The largest absolute Gasteiger partial charge is 0.478 e. The van der Waals surface area contributed by atoms with Crippen LogP contribution in [0.5, 0.6) is 0 Å². The van der Waals surface area contributed by atoms with Crippen molar-refractivity contribution in [3.63, 3.8) is 0 Å². The van der Waals surface area contributed by atoms with Gasteiger partial charge in [0.15, 0.2) is 0 Å². The van der Waals surface area contributed by atoms with Gasteiger partial charge in [0, 0.05) is 4.47 Å². The highest BCUT2D eigenvalue weighted by Gasteiger charge is 2.10. The Balaban J connectivity index is 2.63. The van der Waals surface area contributed by atoms with Gasteiger partial charge in [-0.2, -0.15) is 0 Å². The van der Waals surface area contributed by atoms with Crippen LogP contribution in [0.2, 0.25) is 0 Å². The maximum atomic E-state index is 11.6. The molecule has 0 unspecified atom stereocenters. The Morgan fingerprint density at radius 2 is 2.05 bits per heavy atom. The molecule has 0 aliphatic heterocycles. The van der Waals surface area contributed by atoms with E-state index < -0.39 is 18.0 Å². The summed E-state index contributed by atoms with van der Waals surface area (Å²) in [6.45, 7) is 1.62.